The monoisotopic (exact) mass is 277 g/mol. The van der Waals surface area contributed by atoms with Gasteiger partial charge in [-0.05, 0) is 19.8 Å². The molecule has 1 aromatic heterocycles. The molecule has 1 aromatic rings. The minimum atomic E-state index is 0.681. The molecule has 2 rings (SSSR count). The molecule has 1 saturated heterocycles. The van der Waals surface area contributed by atoms with Crippen LogP contribution in [0.5, 0.6) is 0 Å². The maximum absolute atomic E-state index is 4.66. The second-order valence-electron chi connectivity index (χ2n) is 5.47. The fourth-order valence-electron chi connectivity index (χ4n) is 2.50. The molecule has 5 nitrogen and oxygen atoms in total. The Morgan fingerprint density at radius 1 is 1.20 bits per heavy atom. The highest BCUT2D eigenvalue weighted by molar-refractivity contribution is 5.44. The highest BCUT2D eigenvalue weighted by atomic mass is 15.3. The van der Waals surface area contributed by atoms with Crippen molar-refractivity contribution in [3.8, 4) is 0 Å². The number of nitrogens with one attached hydrogen (secondary N) is 1. The maximum Gasteiger partial charge on any atom is 0.149 e. The summed E-state index contributed by atoms with van der Waals surface area (Å²) in [5, 5.41) is 3.30. The first-order chi connectivity index (χ1) is 9.74. The highest BCUT2D eigenvalue weighted by Gasteiger charge is 2.21. The fourth-order valence-corrected chi connectivity index (χ4v) is 2.50. The van der Waals surface area contributed by atoms with E-state index in [1.54, 1.807) is 6.20 Å². The molecule has 112 valence electrons. The lowest BCUT2D eigenvalue weighted by Gasteiger charge is -2.38. The van der Waals surface area contributed by atoms with Crippen molar-refractivity contribution in [2.24, 2.45) is 0 Å². The Labute approximate surface area is 122 Å². The summed E-state index contributed by atoms with van der Waals surface area (Å²) in [6.45, 7) is 12.0. The molecule has 20 heavy (non-hydrogen) atoms. The van der Waals surface area contributed by atoms with Crippen LogP contribution >= 0.6 is 0 Å². The largest absolute Gasteiger partial charge is 0.369 e. The molecular formula is C15H27N5. The molecule has 1 atom stereocenters. The number of piperazine rings is 1. The molecule has 0 radical (unpaired) electrons. The zero-order valence-electron chi connectivity index (χ0n) is 13.0. The molecule has 0 saturated carbocycles. The van der Waals surface area contributed by atoms with E-state index in [0.717, 1.165) is 50.8 Å². The van der Waals surface area contributed by atoms with E-state index in [0.29, 0.717) is 6.04 Å². The average molecular weight is 277 g/mol. The minimum Gasteiger partial charge on any atom is -0.369 e. The zero-order chi connectivity index (χ0) is 14.4. The van der Waals surface area contributed by atoms with Crippen LogP contribution in [0.15, 0.2) is 12.4 Å². The van der Waals surface area contributed by atoms with Crippen molar-refractivity contribution in [1.29, 1.82) is 0 Å². The third kappa shape index (κ3) is 3.82. The van der Waals surface area contributed by atoms with Crippen molar-refractivity contribution in [3.63, 3.8) is 0 Å². The summed E-state index contributed by atoms with van der Waals surface area (Å²) < 4.78 is 0. The summed E-state index contributed by atoms with van der Waals surface area (Å²) in [6, 6.07) is 0.681. The first-order valence-corrected chi connectivity index (χ1v) is 7.79. The van der Waals surface area contributed by atoms with Gasteiger partial charge >= 0.3 is 0 Å². The van der Waals surface area contributed by atoms with Gasteiger partial charge in [0, 0.05) is 38.8 Å². The smallest absolute Gasteiger partial charge is 0.149 e. The Bertz CT molecular complexity index is 401. The van der Waals surface area contributed by atoms with Crippen molar-refractivity contribution in [2.45, 2.75) is 39.7 Å². The predicted molar refractivity (Wildman–Crippen MR) is 84.4 cm³/mol. The van der Waals surface area contributed by atoms with Crippen LogP contribution in [0.25, 0.3) is 0 Å². The third-order valence-corrected chi connectivity index (χ3v) is 4.03. The SMILES string of the molecule is CCCNc1cncc(N2CCN(C(C)CC)CC2)n1. The average Bonchev–Trinajstić information content (AvgIpc) is 2.52. The maximum atomic E-state index is 4.66. The summed E-state index contributed by atoms with van der Waals surface area (Å²) in [5.74, 6) is 1.88. The lowest BCUT2D eigenvalue weighted by atomic mass is 10.2. The summed E-state index contributed by atoms with van der Waals surface area (Å²) in [5.41, 5.74) is 0. The molecule has 0 spiro atoms. The van der Waals surface area contributed by atoms with Gasteiger partial charge in [0.05, 0.1) is 12.4 Å². The van der Waals surface area contributed by atoms with Gasteiger partial charge < -0.3 is 10.2 Å². The number of hydrogen-bond donors (Lipinski definition) is 1. The van der Waals surface area contributed by atoms with Crippen LogP contribution in [-0.2, 0) is 0 Å². The number of rotatable bonds is 6. The van der Waals surface area contributed by atoms with Gasteiger partial charge in [0.2, 0.25) is 0 Å². The highest BCUT2D eigenvalue weighted by Crippen LogP contribution is 2.16. The Hall–Kier alpha value is -1.36. The Balaban J connectivity index is 1.93. The van der Waals surface area contributed by atoms with Crippen LogP contribution in [0, 0.1) is 0 Å². The molecule has 5 heteroatoms. The van der Waals surface area contributed by atoms with Gasteiger partial charge in [-0.2, -0.15) is 0 Å². The standard InChI is InChI=1S/C15H27N5/c1-4-6-17-14-11-16-12-15(18-14)20-9-7-19(8-10-20)13(3)5-2/h11-13H,4-10H2,1-3H3,(H,17,18). The summed E-state index contributed by atoms with van der Waals surface area (Å²) in [6.07, 6.45) is 5.99. The molecule has 1 aliphatic rings. The number of anilines is 2. The van der Waals surface area contributed by atoms with E-state index < -0.39 is 0 Å². The van der Waals surface area contributed by atoms with E-state index in [1.807, 2.05) is 6.20 Å². The Morgan fingerprint density at radius 3 is 2.60 bits per heavy atom. The molecule has 0 bridgehead atoms. The van der Waals surface area contributed by atoms with Crippen LogP contribution < -0.4 is 10.2 Å². The van der Waals surface area contributed by atoms with Gasteiger partial charge in [-0.25, -0.2) is 4.98 Å². The van der Waals surface area contributed by atoms with E-state index in [-0.39, 0.29) is 0 Å². The quantitative estimate of drug-likeness (QED) is 0.864. The van der Waals surface area contributed by atoms with Gasteiger partial charge in [0.25, 0.3) is 0 Å². The minimum absolute atomic E-state index is 0.681. The van der Waals surface area contributed by atoms with Crippen LogP contribution in [0.4, 0.5) is 11.6 Å². The van der Waals surface area contributed by atoms with Crippen LogP contribution in [0.1, 0.15) is 33.6 Å². The van der Waals surface area contributed by atoms with E-state index in [9.17, 15) is 0 Å². The number of nitrogens with zero attached hydrogens (tertiary/aromatic N) is 4. The fraction of sp³-hybridized carbons (Fsp3) is 0.733. The summed E-state index contributed by atoms with van der Waals surface area (Å²) in [4.78, 5) is 13.9. The molecule has 1 aliphatic heterocycles. The van der Waals surface area contributed by atoms with Gasteiger partial charge in [-0.1, -0.05) is 13.8 Å². The van der Waals surface area contributed by atoms with Crippen molar-refractivity contribution < 1.29 is 0 Å². The lowest BCUT2D eigenvalue weighted by molar-refractivity contribution is 0.192. The van der Waals surface area contributed by atoms with Crippen LogP contribution in [-0.4, -0.2) is 53.6 Å². The van der Waals surface area contributed by atoms with Gasteiger partial charge in [0.15, 0.2) is 0 Å². The molecule has 1 unspecified atom stereocenters. The van der Waals surface area contributed by atoms with E-state index >= 15 is 0 Å². The normalized spacial score (nSPS) is 18.1. The van der Waals surface area contributed by atoms with E-state index in [1.165, 1.54) is 6.42 Å². The summed E-state index contributed by atoms with van der Waals surface area (Å²) >= 11 is 0. The van der Waals surface area contributed by atoms with Crippen molar-refractivity contribution in [3.05, 3.63) is 12.4 Å². The number of hydrogen-bond acceptors (Lipinski definition) is 5. The van der Waals surface area contributed by atoms with Gasteiger partial charge in [-0.3, -0.25) is 9.88 Å². The number of aromatic nitrogens is 2. The Morgan fingerprint density at radius 2 is 1.95 bits per heavy atom. The van der Waals surface area contributed by atoms with Crippen molar-refractivity contribution >= 4 is 11.6 Å². The van der Waals surface area contributed by atoms with E-state index in [4.69, 9.17) is 0 Å². The Kier molecular flexibility index (Phi) is 5.59. The molecule has 1 fully saturated rings. The molecule has 2 heterocycles. The molecule has 1 N–H and O–H groups in total. The molecule has 0 amide bonds. The van der Waals surface area contributed by atoms with Crippen LogP contribution in [0.2, 0.25) is 0 Å². The molecular weight excluding hydrogens is 250 g/mol. The van der Waals surface area contributed by atoms with E-state index in [2.05, 4.69) is 45.9 Å². The molecule has 0 aromatic carbocycles. The topological polar surface area (TPSA) is 44.3 Å². The van der Waals surface area contributed by atoms with Crippen molar-refractivity contribution in [2.75, 3.05) is 42.9 Å². The second-order valence-corrected chi connectivity index (χ2v) is 5.47. The van der Waals surface area contributed by atoms with Gasteiger partial charge in [0.1, 0.15) is 11.6 Å². The zero-order valence-corrected chi connectivity index (χ0v) is 13.0. The van der Waals surface area contributed by atoms with Crippen molar-refractivity contribution in [1.82, 2.24) is 14.9 Å². The van der Waals surface area contributed by atoms with Gasteiger partial charge in [-0.15, -0.1) is 0 Å². The second kappa shape index (κ2) is 7.43. The first kappa shape index (κ1) is 15.0. The predicted octanol–water partition coefficient (Wildman–Crippen LogP) is 2.22. The third-order valence-electron chi connectivity index (χ3n) is 4.03. The summed E-state index contributed by atoms with van der Waals surface area (Å²) in [7, 11) is 0. The molecule has 0 aliphatic carbocycles. The first-order valence-electron chi connectivity index (χ1n) is 7.79. The van der Waals surface area contributed by atoms with Crippen LogP contribution in [0.3, 0.4) is 0 Å². The lowest BCUT2D eigenvalue weighted by Crippen LogP contribution is -2.49.